The van der Waals surface area contributed by atoms with Crippen LogP contribution in [-0.2, 0) is 6.54 Å². The van der Waals surface area contributed by atoms with E-state index in [1.165, 1.54) is 7.11 Å². The smallest absolute Gasteiger partial charge is 0.354 e. The summed E-state index contributed by atoms with van der Waals surface area (Å²) < 4.78 is 22.7. The summed E-state index contributed by atoms with van der Waals surface area (Å²) in [6.07, 6.45) is 3.51. The summed E-state index contributed by atoms with van der Waals surface area (Å²) in [6.45, 7) is 1.47. The minimum Gasteiger partial charge on any atom is -0.492 e. The maximum Gasteiger partial charge on any atom is 0.354 e. The van der Waals surface area contributed by atoms with E-state index in [-0.39, 0.29) is 23.3 Å². The van der Waals surface area contributed by atoms with Crippen LogP contribution in [0.15, 0.2) is 34.0 Å². The van der Waals surface area contributed by atoms with E-state index in [1.54, 1.807) is 0 Å². The van der Waals surface area contributed by atoms with E-state index in [4.69, 9.17) is 16.3 Å². The zero-order valence-electron chi connectivity index (χ0n) is 17.8. The third-order valence-electron chi connectivity index (χ3n) is 6.41. The van der Waals surface area contributed by atoms with Crippen LogP contribution in [0.5, 0.6) is 5.75 Å². The van der Waals surface area contributed by atoms with Gasteiger partial charge in [-0.05, 0) is 37.3 Å². The number of methoxy groups -OCH3 is 1. The van der Waals surface area contributed by atoms with Crippen LogP contribution < -0.4 is 32.5 Å². The van der Waals surface area contributed by atoms with E-state index in [2.05, 4.69) is 4.98 Å². The molecule has 0 bridgehead atoms. The number of halogens is 1. The zero-order valence-corrected chi connectivity index (χ0v) is 17.8. The lowest BCUT2D eigenvalue weighted by atomic mass is 10.0. The van der Waals surface area contributed by atoms with Crippen LogP contribution in [0.4, 0.5) is 10.1 Å². The van der Waals surface area contributed by atoms with Crippen molar-refractivity contribution in [3.05, 3.63) is 68.0 Å². The molecule has 3 aromatic rings. The highest BCUT2D eigenvalue weighted by atomic mass is 19.1. The van der Waals surface area contributed by atoms with E-state index in [1.807, 2.05) is 23.1 Å². The number of pyridine rings is 2. The second-order valence-corrected chi connectivity index (χ2v) is 8.41. The highest BCUT2D eigenvalue weighted by molar-refractivity contribution is 5.78. The van der Waals surface area contributed by atoms with Gasteiger partial charge in [-0.3, -0.25) is 14.2 Å². The Morgan fingerprint density at radius 1 is 1.22 bits per heavy atom. The maximum atomic E-state index is 15.4. The van der Waals surface area contributed by atoms with Gasteiger partial charge in [-0.25, -0.2) is 9.18 Å². The summed E-state index contributed by atoms with van der Waals surface area (Å²) >= 11 is 0. The van der Waals surface area contributed by atoms with Gasteiger partial charge in [0.25, 0.3) is 5.56 Å². The lowest BCUT2D eigenvalue weighted by molar-refractivity contribution is 0.412. The Hall–Kier alpha value is -3.40. The van der Waals surface area contributed by atoms with Crippen molar-refractivity contribution in [2.24, 2.45) is 5.73 Å². The standard InChI is InChI=1S/C22H25FN6O3/c1-32-20-18(27-8-7-13(10-27)16-4-2-3-14(9-24)26-16)15(23)11-28-19(20)17(12-5-6-12)21(30)29(25)22(28)31/h2-4,11-13H,5-10,24-25H2,1H3. The number of anilines is 1. The molecule has 0 aromatic carbocycles. The Morgan fingerprint density at radius 2 is 2.00 bits per heavy atom. The van der Waals surface area contributed by atoms with Gasteiger partial charge in [0, 0.05) is 31.2 Å². The molecular weight excluding hydrogens is 415 g/mol. The Labute approximate surface area is 183 Å². The molecule has 0 radical (unpaired) electrons. The van der Waals surface area contributed by atoms with Gasteiger partial charge < -0.3 is 21.2 Å². The highest BCUT2D eigenvalue weighted by Crippen LogP contribution is 2.45. The molecule has 3 aromatic heterocycles. The first-order valence-corrected chi connectivity index (χ1v) is 10.7. The Kier molecular flexibility index (Phi) is 4.89. The Balaban J connectivity index is 1.64. The number of rotatable bonds is 5. The molecule has 1 saturated carbocycles. The molecule has 1 unspecified atom stereocenters. The molecule has 1 aliphatic heterocycles. The Bertz CT molecular complexity index is 1330. The first-order chi connectivity index (χ1) is 15.4. The van der Waals surface area contributed by atoms with Gasteiger partial charge in [0.05, 0.1) is 24.6 Å². The van der Waals surface area contributed by atoms with E-state index >= 15 is 4.39 Å². The predicted octanol–water partition coefficient (Wildman–Crippen LogP) is 1.05. The molecule has 168 valence electrons. The Morgan fingerprint density at radius 3 is 2.69 bits per heavy atom. The molecule has 4 heterocycles. The van der Waals surface area contributed by atoms with Crippen molar-refractivity contribution in [2.45, 2.75) is 37.6 Å². The molecule has 1 atom stereocenters. The maximum absolute atomic E-state index is 15.4. The number of nitrogens with zero attached hydrogens (tertiary/aromatic N) is 4. The number of hydrogen-bond acceptors (Lipinski definition) is 7. The van der Waals surface area contributed by atoms with Crippen molar-refractivity contribution in [3.63, 3.8) is 0 Å². The molecular formula is C22H25FN6O3. The van der Waals surface area contributed by atoms with Gasteiger partial charge in [0.1, 0.15) is 11.2 Å². The predicted molar refractivity (Wildman–Crippen MR) is 118 cm³/mol. The quantitative estimate of drug-likeness (QED) is 0.569. The van der Waals surface area contributed by atoms with Crippen LogP contribution in [-0.4, -0.2) is 34.3 Å². The second kappa shape index (κ2) is 7.63. The fourth-order valence-corrected chi connectivity index (χ4v) is 4.68. The number of nitrogen functional groups attached to an aromatic ring is 1. The van der Waals surface area contributed by atoms with Crippen LogP contribution in [0, 0.1) is 5.82 Å². The SMILES string of the molecule is COc1c(N2CCC(c3cccc(CN)n3)C2)c(F)cn2c(=O)n(N)c(=O)c(C3CC3)c12. The number of hydrogen-bond donors (Lipinski definition) is 2. The topological polar surface area (TPSA) is 121 Å². The molecule has 9 nitrogen and oxygen atoms in total. The molecule has 10 heteroatoms. The van der Waals surface area contributed by atoms with Crippen molar-refractivity contribution in [1.29, 1.82) is 0 Å². The van der Waals surface area contributed by atoms with Gasteiger partial charge in [0.15, 0.2) is 11.6 Å². The number of fused-ring (bicyclic) bond motifs is 1. The average molecular weight is 440 g/mol. The molecule has 0 amide bonds. The number of aromatic nitrogens is 3. The average Bonchev–Trinajstić information content (AvgIpc) is 3.52. The van der Waals surface area contributed by atoms with Crippen molar-refractivity contribution in [3.8, 4) is 5.75 Å². The molecule has 5 rings (SSSR count). The summed E-state index contributed by atoms with van der Waals surface area (Å²) in [5.41, 5.74) is 7.03. The van der Waals surface area contributed by atoms with Crippen LogP contribution in [0.25, 0.3) is 5.52 Å². The summed E-state index contributed by atoms with van der Waals surface area (Å²) in [5.74, 6) is 5.36. The van der Waals surface area contributed by atoms with Gasteiger partial charge in [-0.1, -0.05) is 6.07 Å². The normalized spacial score (nSPS) is 18.5. The molecule has 4 N–H and O–H groups in total. The summed E-state index contributed by atoms with van der Waals surface area (Å²) in [7, 11) is 1.42. The monoisotopic (exact) mass is 440 g/mol. The summed E-state index contributed by atoms with van der Waals surface area (Å²) in [4.78, 5) is 32.0. The number of nitrogens with two attached hydrogens (primary N) is 2. The molecule has 1 saturated heterocycles. The lowest BCUT2D eigenvalue weighted by Gasteiger charge is -2.24. The first-order valence-electron chi connectivity index (χ1n) is 10.7. The molecule has 2 aliphatic rings. The van der Waals surface area contributed by atoms with Crippen molar-refractivity contribution < 1.29 is 9.13 Å². The molecule has 32 heavy (non-hydrogen) atoms. The van der Waals surface area contributed by atoms with Crippen molar-refractivity contribution >= 4 is 11.2 Å². The van der Waals surface area contributed by atoms with Crippen molar-refractivity contribution in [2.75, 3.05) is 30.9 Å². The van der Waals surface area contributed by atoms with Gasteiger partial charge in [-0.2, -0.15) is 4.68 Å². The zero-order chi connectivity index (χ0) is 22.6. The van der Waals surface area contributed by atoms with E-state index in [9.17, 15) is 9.59 Å². The van der Waals surface area contributed by atoms with Crippen LogP contribution >= 0.6 is 0 Å². The van der Waals surface area contributed by atoms with Crippen LogP contribution in [0.2, 0.25) is 0 Å². The lowest BCUT2D eigenvalue weighted by Crippen LogP contribution is -2.44. The first kappa shape index (κ1) is 20.5. The molecule has 2 fully saturated rings. The molecule has 1 aliphatic carbocycles. The van der Waals surface area contributed by atoms with E-state index in [0.29, 0.717) is 35.4 Å². The fraction of sp³-hybridized carbons (Fsp3) is 0.409. The van der Waals surface area contributed by atoms with Gasteiger partial charge in [0.2, 0.25) is 0 Å². The van der Waals surface area contributed by atoms with Crippen LogP contribution in [0.1, 0.15) is 48.0 Å². The summed E-state index contributed by atoms with van der Waals surface area (Å²) in [6, 6.07) is 5.76. The minimum absolute atomic E-state index is 0.0189. The summed E-state index contributed by atoms with van der Waals surface area (Å²) in [5, 5.41) is 0. The minimum atomic E-state index is -0.805. The fourth-order valence-electron chi connectivity index (χ4n) is 4.68. The second-order valence-electron chi connectivity index (χ2n) is 8.41. The van der Waals surface area contributed by atoms with Gasteiger partial charge >= 0.3 is 5.69 Å². The van der Waals surface area contributed by atoms with Gasteiger partial charge in [-0.15, -0.1) is 0 Å². The van der Waals surface area contributed by atoms with E-state index < -0.39 is 17.1 Å². The highest BCUT2D eigenvalue weighted by Gasteiger charge is 2.35. The number of ether oxygens (including phenoxy) is 1. The third kappa shape index (κ3) is 3.13. The van der Waals surface area contributed by atoms with Crippen LogP contribution in [0.3, 0.4) is 0 Å². The molecule has 0 spiro atoms. The largest absolute Gasteiger partial charge is 0.492 e. The third-order valence-corrected chi connectivity index (χ3v) is 6.41. The van der Waals surface area contributed by atoms with E-state index in [0.717, 1.165) is 41.2 Å². The van der Waals surface area contributed by atoms with Crippen molar-refractivity contribution in [1.82, 2.24) is 14.1 Å².